The predicted molar refractivity (Wildman–Crippen MR) is 77.9 cm³/mol. The standard InChI is InChI=1S/C14H14N4O3/c1-8-3-4-11(18(19)20)7-12(8)21-13-6-10(14(15)16)5-9(2)17-13/h3-7H,1-2H3,(H3,15,16). The van der Waals surface area contributed by atoms with Crippen molar-refractivity contribution in [3.05, 3.63) is 57.3 Å². The molecule has 2 aromatic rings. The van der Waals surface area contributed by atoms with E-state index in [1.165, 1.54) is 18.2 Å². The van der Waals surface area contributed by atoms with Gasteiger partial charge in [0.15, 0.2) is 0 Å². The summed E-state index contributed by atoms with van der Waals surface area (Å²) in [6, 6.07) is 7.54. The first-order valence-electron chi connectivity index (χ1n) is 6.13. The molecule has 0 aliphatic rings. The van der Waals surface area contributed by atoms with Gasteiger partial charge in [-0.1, -0.05) is 0 Å². The van der Waals surface area contributed by atoms with E-state index in [1.807, 2.05) is 0 Å². The highest BCUT2D eigenvalue weighted by atomic mass is 16.6. The Balaban J connectivity index is 2.40. The van der Waals surface area contributed by atoms with Crippen molar-refractivity contribution in [2.45, 2.75) is 13.8 Å². The maximum Gasteiger partial charge on any atom is 0.273 e. The van der Waals surface area contributed by atoms with Gasteiger partial charge in [-0.2, -0.15) is 0 Å². The van der Waals surface area contributed by atoms with Crippen LogP contribution in [0, 0.1) is 29.4 Å². The first-order valence-corrected chi connectivity index (χ1v) is 6.13. The summed E-state index contributed by atoms with van der Waals surface area (Å²) in [4.78, 5) is 14.5. The third-order valence-electron chi connectivity index (χ3n) is 2.84. The normalized spacial score (nSPS) is 10.2. The molecule has 0 amide bonds. The number of ether oxygens (including phenoxy) is 1. The van der Waals surface area contributed by atoms with Crippen LogP contribution in [0.3, 0.4) is 0 Å². The van der Waals surface area contributed by atoms with E-state index in [1.54, 1.807) is 26.0 Å². The van der Waals surface area contributed by atoms with Crippen molar-refractivity contribution in [3.63, 3.8) is 0 Å². The van der Waals surface area contributed by atoms with Crippen LogP contribution in [-0.2, 0) is 0 Å². The van der Waals surface area contributed by atoms with Gasteiger partial charge in [-0.3, -0.25) is 15.5 Å². The smallest absolute Gasteiger partial charge is 0.273 e. The number of nitro benzene ring substituents is 1. The molecular weight excluding hydrogens is 272 g/mol. The topological polar surface area (TPSA) is 115 Å². The van der Waals surface area contributed by atoms with Crippen LogP contribution in [0.25, 0.3) is 0 Å². The van der Waals surface area contributed by atoms with E-state index in [0.29, 0.717) is 17.0 Å². The zero-order valence-corrected chi connectivity index (χ0v) is 11.6. The molecule has 0 spiro atoms. The van der Waals surface area contributed by atoms with Crippen LogP contribution >= 0.6 is 0 Å². The molecule has 108 valence electrons. The summed E-state index contributed by atoms with van der Waals surface area (Å²) < 4.78 is 5.60. The zero-order chi connectivity index (χ0) is 15.6. The number of rotatable bonds is 4. The van der Waals surface area contributed by atoms with Gasteiger partial charge in [-0.05, 0) is 31.5 Å². The van der Waals surface area contributed by atoms with E-state index in [4.69, 9.17) is 15.9 Å². The molecule has 0 aliphatic heterocycles. The fourth-order valence-electron chi connectivity index (χ4n) is 1.77. The number of hydrogen-bond acceptors (Lipinski definition) is 5. The van der Waals surface area contributed by atoms with Gasteiger partial charge in [0, 0.05) is 23.4 Å². The van der Waals surface area contributed by atoms with E-state index >= 15 is 0 Å². The highest BCUT2D eigenvalue weighted by Gasteiger charge is 2.12. The largest absolute Gasteiger partial charge is 0.438 e. The second-order valence-corrected chi connectivity index (χ2v) is 4.56. The number of nitrogens with one attached hydrogen (secondary N) is 1. The molecule has 0 atom stereocenters. The Hall–Kier alpha value is -2.96. The van der Waals surface area contributed by atoms with Crippen molar-refractivity contribution in [2.75, 3.05) is 0 Å². The maximum atomic E-state index is 10.8. The Morgan fingerprint density at radius 2 is 2.05 bits per heavy atom. The molecule has 0 aliphatic carbocycles. The quantitative estimate of drug-likeness (QED) is 0.388. The molecule has 0 fully saturated rings. The Morgan fingerprint density at radius 1 is 1.33 bits per heavy atom. The molecule has 0 bridgehead atoms. The fraction of sp³-hybridized carbons (Fsp3) is 0.143. The summed E-state index contributed by atoms with van der Waals surface area (Å²) in [5, 5.41) is 18.3. The highest BCUT2D eigenvalue weighted by Crippen LogP contribution is 2.28. The highest BCUT2D eigenvalue weighted by molar-refractivity contribution is 5.95. The molecule has 7 heteroatoms. The van der Waals surface area contributed by atoms with Crippen LogP contribution in [-0.4, -0.2) is 15.7 Å². The number of nitrogen functional groups attached to an aromatic ring is 1. The lowest BCUT2D eigenvalue weighted by atomic mass is 10.2. The Morgan fingerprint density at radius 3 is 2.67 bits per heavy atom. The molecule has 0 saturated carbocycles. The summed E-state index contributed by atoms with van der Waals surface area (Å²) >= 11 is 0. The monoisotopic (exact) mass is 286 g/mol. The van der Waals surface area contributed by atoms with Gasteiger partial charge in [0.05, 0.1) is 11.0 Å². The number of amidine groups is 1. The van der Waals surface area contributed by atoms with Gasteiger partial charge in [0.1, 0.15) is 11.6 Å². The summed E-state index contributed by atoms with van der Waals surface area (Å²) in [7, 11) is 0. The average Bonchev–Trinajstić information content (AvgIpc) is 2.40. The van der Waals surface area contributed by atoms with E-state index in [2.05, 4.69) is 4.98 Å². The van der Waals surface area contributed by atoms with Gasteiger partial charge in [-0.25, -0.2) is 4.98 Å². The number of pyridine rings is 1. The van der Waals surface area contributed by atoms with Crippen molar-refractivity contribution in [2.24, 2.45) is 5.73 Å². The number of nitrogens with two attached hydrogens (primary N) is 1. The van der Waals surface area contributed by atoms with E-state index in [9.17, 15) is 10.1 Å². The summed E-state index contributed by atoms with van der Waals surface area (Å²) in [6.45, 7) is 3.53. The minimum absolute atomic E-state index is 0.0601. The van der Waals surface area contributed by atoms with Crippen LogP contribution in [0.1, 0.15) is 16.8 Å². The molecule has 7 nitrogen and oxygen atoms in total. The second kappa shape index (κ2) is 5.58. The first kappa shape index (κ1) is 14.4. The third kappa shape index (κ3) is 3.33. The van der Waals surface area contributed by atoms with Crippen LogP contribution < -0.4 is 10.5 Å². The Bertz CT molecular complexity index is 728. The SMILES string of the molecule is Cc1cc(C(=N)N)cc(Oc2cc([N+](=O)[O-])ccc2C)n1. The lowest BCUT2D eigenvalue weighted by Crippen LogP contribution is -2.11. The minimum atomic E-state index is -0.489. The van der Waals surface area contributed by atoms with Crippen LogP contribution in [0.15, 0.2) is 30.3 Å². The van der Waals surface area contributed by atoms with E-state index in [-0.39, 0.29) is 17.4 Å². The number of nitro groups is 1. The average molecular weight is 286 g/mol. The number of aryl methyl sites for hydroxylation is 2. The summed E-state index contributed by atoms with van der Waals surface area (Å²) in [6.07, 6.45) is 0. The number of aromatic nitrogens is 1. The zero-order valence-electron chi connectivity index (χ0n) is 11.6. The molecule has 1 aromatic heterocycles. The molecule has 0 radical (unpaired) electrons. The predicted octanol–water partition coefficient (Wildman–Crippen LogP) is 2.68. The lowest BCUT2D eigenvalue weighted by molar-refractivity contribution is -0.384. The third-order valence-corrected chi connectivity index (χ3v) is 2.84. The number of non-ortho nitro benzene ring substituents is 1. The molecule has 3 N–H and O–H groups in total. The fourth-order valence-corrected chi connectivity index (χ4v) is 1.77. The number of benzene rings is 1. The molecule has 0 unspecified atom stereocenters. The Labute approximate surface area is 121 Å². The second-order valence-electron chi connectivity index (χ2n) is 4.56. The number of hydrogen-bond donors (Lipinski definition) is 2. The van der Waals surface area contributed by atoms with Crippen molar-refractivity contribution >= 4 is 11.5 Å². The van der Waals surface area contributed by atoms with Crippen molar-refractivity contribution in [3.8, 4) is 11.6 Å². The molecule has 1 aromatic carbocycles. The van der Waals surface area contributed by atoms with Gasteiger partial charge in [0.2, 0.25) is 5.88 Å². The van der Waals surface area contributed by atoms with E-state index in [0.717, 1.165) is 5.56 Å². The van der Waals surface area contributed by atoms with Crippen molar-refractivity contribution < 1.29 is 9.66 Å². The minimum Gasteiger partial charge on any atom is -0.438 e. The first-order chi connectivity index (χ1) is 9.86. The number of nitrogens with zero attached hydrogens (tertiary/aromatic N) is 2. The Kier molecular flexibility index (Phi) is 3.84. The van der Waals surface area contributed by atoms with E-state index < -0.39 is 4.92 Å². The van der Waals surface area contributed by atoms with Gasteiger partial charge >= 0.3 is 0 Å². The van der Waals surface area contributed by atoms with Crippen LogP contribution in [0.2, 0.25) is 0 Å². The molecule has 21 heavy (non-hydrogen) atoms. The molecule has 2 rings (SSSR count). The maximum absolute atomic E-state index is 10.8. The van der Waals surface area contributed by atoms with Crippen molar-refractivity contribution in [1.29, 1.82) is 5.41 Å². The van der Waals surface area contributed by atoms with Gasteiger partial charge < -0.3 is 10.5 Å². The van der Waals surface area contributed by atoms with Gasteiger partial charge in [-0.15, -0.1) is 0 Å². The molecule has 0 saturated heterocycles. The molecular formula is C14H14N4O3. The lowest BCUT2D eigenvalue weighted by Gasteiger charge is -2.09. The summed E-state index contributed by atoms with van der Waals surface area (Å²) in [5.41, 5.74) is 7.26. The summed E-state index contributed by atoms with van der Waals surface area (Å²) in [5.74, 6) is 0.488. The van der Waals surface area contributed by atoms with Gasteiger partial charge in [0.25, 0.3) is 5.69 Å². The molecule has 1 heterocycles. The van der Waals surface area contributed by atoms with Crippen LogP contribution in [0.5, 0.6) is 11.6 Å². The van der Waals surface area contributed by atoms with Crippen LogP contribution in [0.4, 0.5) is 5.69 Å². The van der Waals surface area contributed by atoms with Crippen molar-refractivity contribution in [1.82, 2.24) is 4.98 Å².